The van der Waals surface area contributed by atoms with Crippen LogP contribution in [0.15, 0.2) is 60.7 Å². The van der Waals surface area contributed by atoms with Crippen LogP contribution in [0.1, 0.15) is 51.2 Å². The van der Waals surface area contributed by atoms with Crippen LogP contribution >= 0.6 is 0 Å². The van der Waals surface area contributed by atoms with Gasteiger partial charge in [0.25, 0.3) is 12.1 Å². The Morgan fingerprint density at radius 1 is 0.762 bits per heavy atom. The summed E-state index contributed by atoms with van der Waals surface area (Å²) in [6, 6.07) is 16.8. The summed E-state index contributed by atoms with van der Waals surface area (Å²) in [6.07, 6.45) is -2.87. The fourth-order valence-electron chi connectivity index (χ4n) is 3.53. The van der Waals surface area contributed by atoms with E-state index in [1.54, 1.807) is 75.4 Å². The quantitative estimate of drug-likeness (QED) is 0.134. The van der Waals surface area contributed by atoms with Gasteiger partial charge in [0.1, 0.15) is 24.9 Å². The molecule has 4 N–H and O–H groups in total. The standard InChI is InChI=1S/C29H36N4O9/c1-29(2,3)42-25(35)24(31-27(37)40-18-21-12-8-5-9-13-21)41-28(38)33-32-23(34)22(16-19-14-15-19)30-26(36)39-17-20-10-6-4-7-11-20/h4-13,19,22,24H,14-18H2,1-3H3,(H,30,36)(H,31,37)(H,32,34)(H,33,38)/t22-,24?/m0/s1. The average molecular weight is 585 g/mol. The number of esters is 1. The summed E-state index contributed by atoms with van der Waals surface area (Å²) < 4.78 is 20.5. The third kappa shape index (κ3) is 12.1. The maximum absolute atomic E-state index is 12.8. The third-order valence-electron chi connectivity index (χ3n) is 5.68. The SMILES string of the molecule is CC(C)(C)OC(=O)C(NC(=O)OCc1ccccc1)OC(=O)NNC(=O)[C@H](CC1CC1)NC(=O)OCc1ccccc1. The molecule has 0 radical (unpaired) electrons. The molecule has 0 saturated heterocycles. The minimum Gasteiger partial charge on any atom is -0.456 e. The van der Waals surface area contributed by atoms with E-state index in [4.69, 9.17) is 18.9 Å². The first kappa shape index (κ1) is 31.7. The van der Waals surface area contributed by atoms with Crippen LogP contribution in [0.25, 0.3) is 0 Å². The fourth-order valence-corrected chi connectivity index (χ4v) is 3.53. The molecule has 0 bridgehead atoms. The predicted octanol–water partition coefficient (Wildman–Crippen LogP) is 3.43. The second-order valence-electron chi connectivity index (χ2n) is 10.6. The largest absolute Gasteiger partial charge is 0.456 e. The molecule has 4 amide bonds. The number of amides is 4. The van der Waals surface area contributed by atoms with Gasteiger partial charge in [-0.3, -0.25) is 15.5 Å². The van der Waals surface area contributed by atoms with Crippen molar-refractivity contribution in [3.05, 3.63) is 71.8 Å². The number of hydrazine groups is 1. The summed E-state index contributed by atoms with van der Waals surface area (Å²) >= 11 is 0. The second kappa shape index (κ2) is 15.3. The number of hydrogen-bond donors (Lipinski definition) is 4. The molecule has 42 heavy (non-hydrogen) atoms. The molecule has 1 aliphatic carbocycles. The van der Waals surface area contributed by atoms with Gasteiger partial charge in [0.05, 0.1) is 0 Å². The maximum Gasteiger partial charge on any atom is 0.428 e. The molecule has 13 nitrogen and oxygen atoms in total. The Hall–Kier alpha value is -4.81. The molecule has 2 aromatic rings. The van der Waals surface area contributed by atoms with Gasteiger partial charge in [0, 0.05) is 0 Å². The third-order valence-corrected chi connectivity index (χ3v) is 5.68. The first-order chi connectivity index (χ1) is 20.0. The molecule has 13 heteroatoms. The van der Waals surface area contributed by atoms with Gasteiger partial charge in [-0.2, -0.15) is 0 Å². The smallest absolute Gasteiger partial charge is 0.428 e. The summed E-state index contributed by atoms with van der Waals surface area (Å²) in [6.45, 7) is 4.69. The van der Waals surface area contributed by atoms with E-state index in [1.165, 1.54) is 0 Å². The van der Waals surface area contributed by atoms with Crippen LogP contribution in [0.5, 0.6) is 0 Å². The number of carbonyl (C=O) groups excluding carboxylic acids is 5. The van der Waals surface area contributed by atoms with E-state index in [0.29, 0.717) is 12.0 Å². The predicted molar refractivity (Wildman–Crippen MR) is 148 cm³/mol. The molecular formula is C29H36N4O9. The zero-order chi connectivity index (χ0) is 30.5. The van der Waals surface area contributed by atoms with Crippen molar-refractivity contribution >= 4 is 30.2 Å². The molecule has 0 aliphatic heterocycles. The summed E-state index contributed by atoms with van der Waals surface area (Å²) in [5.41, 5.74) is 4.68. The molecule has 1 aliphatic rings. The lowest BCUT2D eigenvalue weighted by atomic mass is 10.1. The lowest BCUT2D eigenvalue weighted by Gasteiger charge is -2.24. The number of nitrogens with one attached hydrogen (secondary N) is 4. The topological polar surface area (TPSA) is 170 Å². The van der Waals surface area contributed by atoms with Crippen molar-refractivity contribution in [2.24, 2.45) is 5.92 Å². The van der Waals surface area contributed by atoms with Gasteiger partial charge in [0.15, 0.2) is 0 Å². The lowest BCUT2D eigenvalue weighted by molar-refractivity contribution is -0.166. The number of rotatable bonds is 11. The molecule has 0 spiro atoms. The lowest BCUT2D eigenvalue weighted by Crippen LogP contribution is -2.54. The molecule has 2 atom stereocenters. The Labute approximate surface area is 243 Å². The number of benzene rings is 2. The zero-order valence-corrected chi connectivity index (χ0v) is 23.7. The van der Waals surface area contributed by atoms with E-state index >= 15 is 0 Å². The Morgan fingerprint density at radius 2 is 1.29 bits per heavy atom. The molecule has 1 saturated carbocycles. The molecule has 226 valence electrons. The van der Waals surface area contributed by atoms with Gasteiger partial charge < -0.3 is 24.3 Å². The van der Waals surface area contributed by atoms with Crippen molar-refractivity contribution in [3.8, 4) is 0 Å². The van der Waals surface area contributed by atoms with Gasteiger partial charge in [-0.25, -0.2) is 24.6 Å². The first-order valence-corrected chi connectivity index (χ1v) is 13.4. The highest BCUT2D eigenvalue weighted by Crippen LogP contribution is 2.33. The molecule has 1 unspecified atom stereocenters. The van der Waals surface area contributed by atoms with Gasteiger partial charge in [-0.05, 0) is 44.2 Å². The van der Waals surface area contributed by atoms with Crippen molar-refractivity contribution in [1.29, 1.82) is 0 Å². The Morgan fingerprint density at radius 3 is 1.79 bits per heavy atom. The monoisotopic (exact) mass is 584 g/mol. The molecule has 1 fully saturated rings. The summed E-state index contributed by atoms with van der Waals surface area (Å²) in [5.74, 6) is -1.57. The average Bonchev–Trinajstić information content (AvgIpc) is 3.77. The van der Waals surface area contributed by atoms with Crippen molar-refractivity contribution in [2.45, 2.75) is 71.1 Å². The van der Waals surface area contributed by atoms with Crippen LogP contribution in [-0.4, -0.2) is 48.0 Å². The van der Waals surface area contributed by atoms with Crippen LogP contribution in [0.4, 0.5) is 14.4 Å². The van der Waals surface area contributed by atoms with E-state index in [0.717, 1.165) is 18.4 Å². The van der Waals surface area contributed by atoms with Crippen molar-refractivity contribution < 1.29 is 42.9 Å². The molecule has 3 rings (SSSR count). The summed E-state index contributed by atoms with van der Waals surface area (Å²) in [5, 5.41) is 4.64. The minimum atomic E-state index is -1.89. The van der Waals surface area contributed by atoms with Gasteiger partial charge >= 0.3 is 24.2 Å². The number of alkyl carbamates (subject to hydrolysis) is 2. The minimum absolute atomic E-state index is 0.0157. The van der Waals surface area contributed by atoms with Crippen molar-refractivity contribution in [1.82, 2.24) is 21.5 Å². The first-order valence-electron chi connectivity index (χ1n) is 13.4. The Balaban J connectivity index is 1.52. The van der Waals surface area contributed by atoms with Crippen LogP contribution < -0.4 is 21.5 Å². The second-order valence-corrected chi connectivity index (χ2v) is 10.6. The number of hydrogen-bond acceptors (Lipinski definition) is 9. The normalized spacial score (nSPS) is 13.9. The van der Waals surface area contributed by atoms with Gasteiger partial charge in [-0.1, -0.05) is 73.5 Å². The van der Waals surface area contributed by atoms with Crippen LogP contribution in [0, 0.1) is 5.92 Å². The van der Waals surface area contributed by atoms with Crippen molar-refractivity contribution in [3.63, 3.8) is 0 Å². The molecule has 0 aromatic heterocycles. The van der Waals surface area contributed by atoms with Crippen LogP contribution in [-0.2, 0) is 41.8 Å². The Kier molecular flexibility index (Phi) is 11.5. The van der Waals surface area contributed by atoms with E-state index in [2.05, 4.69) is 16.1 Å². The summed E-state index contributed by atoms with van der Waals surface area (Å²) in [7, 11) is 0. The van der Waals surface area contributed by atoms with E-state index in [-0.39, 0.29) is 19.1 Å². The van der Waals surface area contributed by atoms with Gasteiger partial charge in [-0.15, -0.1) is 0 Å². The van der Waals surface area contributed by atoms with Crippen LogP contribution in [0.2, 0.25) is 0 Å². The van der Waals surface area contributed by atoms with Crippen LogP contribution in [0.3, 0.4) is 0 Å². The molecule has 0 heterocycles. The summed E-state index contributed by atoms with van der Waals surface area (Å²) in [4.78, 5) is 62.5. The van der Waals surface area contributed by atoms with Crippen molar-refractivity contribution in [2.75, 3.05) is 0 Å². The maximum atomic E-state index is 12.8. The van der Waals surface area contributed by atoms with E-state index < -0.39 is 48.0 Å². The van der Waals surface area contributed by atoms with E-state index in [1.807, 2.05) is 11.5 Å². The Bertz CT molecular complexity index is 1210. The highest BCUT2D eigenvalue weighted by Gasteiger charge is 2.33. The number of ether oxygens (including phenoxy) is 4. The zero-order valence-electron chi connectivity index (χ0n) is 23.7. The van der Waals surface area contributed by atoms with Gasteiger partial charge in [0.2, 0.25) is 0 Å². The number of carbonyl (C=O) groups is 5. The van der Waals surface area contributed by atoms with E-state index in [9.17, 15) is 24.0 Å². The molecular weight excluding hydrogens is 548 g/mol. The molecule has 2 aromatic carbocycles. The highest BCUT2D eigenvalue weighted by molar-refractivity contribution is 5.87. The fraction of sp³-hybridized carbons (Fsp3) is 0.414. The highest BCUT2D eigenvalue weighted by atomic mass is 16.6.